The normalized spacial score (nSPS) is 10.9. The Bertz CT molecular complexity index is 1100. The van der Waals surface area contributed by atoms with Crippen LogP contribution < -0.4 is 5.32 Å². The molecule has 0 unspecified atom stereocenters. The highest BCUT2D eigenvalue weighted by molar-refractivity contribution is 5.94. The SMILES string of the molecule is Cc1ccc(C(=O)NCc2nc3ccccc3n2CCCc2ccccc2)cc1. The zero-order chi connectivity index (χ0) is 20.1. The molecule has 0 atom stereocenters. The highest BCUT2D eigenvalue weighted by Crippen LogP contribution is 2.17. The number of nitrogens with one attached hydrogen (secondary N) is 1. The predicted octanol–water partition coefficient (Wildman–Crippen LogP) is 4.91. The maximum atomic E-state index is 12.5. The van der Waals surface area contributed by atoms with Crippen LogP contribution in [0.3, 0.4) is 0 Å². The first kappa shape index (κ1) is 18.9. The number of para-hydroxylation sites is 2. The van der Waals surface area contributed by atoms with Gasteiger partial charge in [0.05, 0.1) is 17.6 Å². The molecule has 0 fully saturated rings. The lowest BCUT2D eigenvalue weighted by Crippen LogP contribution is -2.24. The molecule has 0 aliphatic heterocycles. The van der Waals surface area contributed by atoms with Crippen LogP contribution in [-0.2, 0) is 19.5 Å². The van der Waals surface area contributed by atoms with E-state index in [2.05, 4.69) is 40.2 Å². The van der Waals surface area contributed by atoms with Gasteiger partial charge in [0.15, 0.2) is 0 Å². The first-order valence-corrected chi connectivity index (χ1v) is 10.0. The van der Waals surface area contributed by atoms with Crippen molar-refractivity contribution in [1.29, 1.82) is 0 Å². The van der Waals surface area contributed by atoms with Crippen LogP contribution in [0.1, 0.15) is 33.7 Å². The third-order valence-electron chi connectivity index (χ3n) is 5.14. The molecule has 0 aliphatic carbocycles. The molecule has 4 heteroatoms. The first-order chi connectivity index (χ1) is 14.2. The smallest absolute Gasteiger partial charge is 0.251 e. The second kappa shape index (κ2) is 8.74. The summed E-state index contributed by atoms with van der Waals surface area (Å²) in [5, 5.41) is 3.02. The van der Waals surface area contributed by atoms with Crippen molar-refractivity contribution in [2.75, 3.05) is 0 Å². The van der Waals surface area contributed by atoms with Crippen molar-refractivity contribution in [2.45, 2.75) is 32.9 Å². The fourth-order valence-electron chi connectivity index (χ4n) is 3.56. The summed E-state index contributed by atoms with van der Waals surface area (Å²) in [6, 6.07) is 26.3. The number of amides is 1. The minimum absolute atomic E-state index is 0.0760. The minimum atomic E-state index is -0.0760. The molecule has 0 bridgehead atoms. The number of aryl methyl sites for hydroxylation is 3. The van der Waals surface area contributed by atoms with Crippen LogP contribution in [0.4, 0.5) is 0 Å². The number of rotatable bonds is 7. The number of hydrogen-bond acceptors (Lipinski definition) is 2. The molecule has 4 aromatic rings. The Hall–Kier alpha value is -3.40. The molecule has 1 heterocycles. The first-order valence-electron chi connectivity index (χ1n) is 10.0. The quantitative estimate of drug-likeness (QED) is 0.493. The Morgan fingerprint density at radius 2 is 1.66 bits per heavy atom. The standard InChI is InChI=1S/C25H25N3O/c1-19-13-15-21(16-14-19)25(29)26-18-24-27-22-11-5-6-12-23(22)28(24)17-7-10-20-8-3-2-4-9-20/h2-6,8-9,11-16H,7,10,17-18H2,1H3,(H,26,29). The molecular formula is C25H25N3O. The lowest BCUT2D eigenvalue weighted by molar-refractivity contribution is 0.0949. The zero-order valence-electron chi connectivity index (χ0n) is 16.6. The lowest BCUT2D eigenvalue weighted by Gasteiger charge is -2.11. The highest BCUT2D eigenvalue weighted by Gasteiger charge is 2.12. The molecule has 1 aromatic heterocycles. The van der Waals surface area contributed by atoms with Crippen molar-refractivity contribution in [3.05, 3.63) is 101 Å². The summed E-state index contributed by atoms with van der Waals surface area (Å²) in [4.78, 5) is 17.3. The van der Waals surface area contributed by atoms with Gasteiger partial charge in [-0.05, 0) is 49.6 Å². The molecule has 1 amide bonds. The third kappa shape index (κ3) is 4.54. The van der Waals surface area contributed by atoms with E-state index in [-0.39, 0.29) is 5.91 Å². The van der Waals surface area contributed by atoms with E-state index >= 15 is 0 Å². The molecule has 0 aliphatic rings. The van der Waals surface area contributed by atoms with E-state index in [1.54, 1.807) is 0 Å². The molecular weight excluding hydrogens is 358 g/mol. The van der Waals surface area contributed by atoms with Gasteiger partial charge in [-0.25, -0.2) is 4.98 Å². The summed E-state index contributed by atoms with van der Waals surface area (Å²) < 4.78 is 2.23. The zero-order valence-corrected chi connectivity index (χ0v) is 16.6. The van der Waals surface area contributed by atoms with Gasteiger partial charge in [0.25, 0.3) is 5.91 Å². The molecule has 29 heavy (non-hydrogen) atoms. The van der Waals surface area contributed by atoms with Gasteiger partial charge in [0.1, 0.15) is 5.82 Å². The van der Waals surface area contributed by atoms with Crippen LogP contribution in [0.5, 0.6) is 0 Å². The number of nitrogens with zero attached hydrogens (tertiary/aromatic N) is 2. The second-order valence-corrected chi connectivity index (χ2v) is 7.31. The Kier molecular flexibility index (Phi) is 5.71. The molecule has 1 N–H and O–H groups in total. The maximum absolute atomic E-state index is 12.5. The van der Waals surface area contributed by atoms with Gasteiger partial charge in [-0.3, -0.25) is 4.79 Å². The Balaban J connectivity index is 1.48. The van der Waals surface area contributed by atoms with E-state index in [1.165, 1.54) is 5.56 Å². The Morgan fingerprint density at radius 3 is 2.45 bits per heavy atom. The van der Waals surface area contributed by atoms with Crippen LogP contribution in [0.2, 0.25) is 0 Å². The Morgan fingerprint density at radius 1 is 0.931 bits per heavy atom. The van der Waals surface area contributed by atoms with Gasteiger partial charge in [-0.15, -0.1) is 0 Å². The highest BCUT2D eigenvalue weighted by atomic mass is 16.1. The fourth-order valence-corrected chi connectivity index (χ4v) is 3.56. The largest absolute Gasteiger partial charge is 0.345 e. The number of fused-ring (bicyclic) bond motifs is 1. The van der Waals surface area contributed by atoms with Crippen molar-refractivity contribution >= 4 is 16.9 Å². The van der Waals surface area contributed by atoms with Crippen molar-refractivity contribution in [1.82, 2.24) is 14.9 Å². The van der Waals surface area contributed by atoms with E-state index in [0.29, 0.717) is 12.1 Å². The molecule has 4 nitrogen and oxygen atoms in total. The van der Waals surface area contributed by atoms with Gasteiger partial charge in [0, 0.05) is 12.1 Å². The average Bonchev–Trinajstić information content (AvgIpc) is 3.11. The van der Waals surface area contributed by atoms with Gasteiger partial charge < -0.3 is 9.88 Å². The number of benzene rings is 3. The summed E-state index contributed by atoms with van der Waals surface area (Å²) in [7, 11) is 0. The Labute approximate surface area is 171 Å². The molecule has 3 aromatic carbocycles. The molecule has 4 rings (SSSR count). The molecule has 0 radical (unpaired) electrons. The number of aromatic nitrogens is 2. The monoisotopic (exact) mass is 383 g/mol. The van der Waals surface area contributed by atoms with Gasteiger partial charge in [-0.2, -0.15) is 0 Å². The maximum Gasteiger partial charge on any atom is 0.251 e. The van der Waals surface area contributed by atoms with Crippen LogP contribution in [0, 0.1) is 6.92 Å². The number of hydrogen-bond donors (Lipinski definition) is 1. The van der Waals surface area contributed by atoms with Gasteiger partial charge in [0.2, 0.25) is 0 Å². The van der Waals surface area contributed by atoms with Crippen LogP contribution in [0.15, 0.2) is 78.9 Å². The molecule has 0 saturated carbocycles. The third-order valence-corrected chi connectivity index (χ3v) is 5.14. The summed E-state index contributed by atoms with van der Waals surface area (Å²) in [6.07, 6.45) is 2.03. The summed E-state index contributed by atoms with van der Waals surface area (Å²) in [6.45, 7) is 3.29. The van der Waals surface area contributed by atoms with E-state index < -0.39 is 0 Å². The van der Waals surface area contributed by atoms with Crippen molar-refractivity contribution < 1.29 is 4.79 Å². The van der Waals surface area contributed by atoms with Crippen molar-refractivity contribution in [2.24, 2.45) is 0 Å². The summed E-state index contributed by atoms with van der Waals surface area (Å²) >= 11 is 0. The molecule has 0 spiro atoms. The van der Waals surface area contributed by atoms with Crippen molar-refractivity contribution in [3.63, 3.8) is 0 Å². The number of imidazole rings is 1. The van der Waals surface area contributed by atoms with Crippen LogP contribution in [-0.4, -0.2) is 15.5 Å². The van der Waals surface area contributed by atoms with E-state index in [9.17, 15) is 4.79 Å². The fraction of sp³-hybridized carbons (Fsp3) is 0.200. The second-order valence-electron chi connectivity index (χ2n) is 7.31. The minimum Gasteiger partial charge on any atom is -0.345 e. The number of carbonyl (C=O) groups excluding carboxylic acids is 1. The van der Waals surface area contributed by atoms with E-state index in [0.717, 1.165) is 41.8 Å². The van der Waals surface area contributed by atoms with Gasteiger partial charge in [-0.1, -0.05) is 60.2 Å². The summed E-state index contributed by atoms with van der Waals surface area (Å²) in [5.74, 6) is 0.813. The lowest BCUT2D eigenvalue weighted by atomic mass is 10.1. The molecule has 146 valence electrons. The van der Waals surface area contributed by atoms with E-state index in [1.807, 2.05) is 55.5 Å². The topological polar surface area (TPSA) is 46.9 Å². The molecule has 0 saturated heterocycles. The van der Waals surface area contributed by atoms with Crippen LogP contribution in [0.25, 0.3) is 11.0 Å². The average molecular weight is 383 g/mol. The summed E-state index contributed by atoms with van der Waals surface area (Å²) in [5.41, 5.74) is 5.22. The van der Waals surface area contributed by atoms with Crippen molar-refractivity contribution in [3.8, 4) is 0 Å². The van der Waals surface area contributed by atoms with E-state index in [4.69, 9.17) is 4.98 Å². The predicted molar refractivity (Wildman–Crippen MR) is 117 cm³/mol. The number of carbonyl (C=O) groups is 1. The van der Waals surface area contributed by atoms with Gasteiger partial charge >= 0.3 is 0 Å². The van der Waals surface area contributed by atoms with Crippen LogP contribution >= 0.6 is 0 Å².